The van der Waals surface area contributed by atoms with Crippen molar-refractivity contribution in [3.05, 3.63) is 63.8 Å². The number of carbonyl (C=O) groups excluding carboxylic acids is 2. The molecule has 198 valence electrons. The van der Waals surface area contributed by atoms with Crippen LogP contribution in [0.2, 0.25) is 0 Å². The zero-order valence-electron chi connectivity index (χ0n) is 20.4. The van der Waals surface area contributed by atoms with Gasteiger partial charge in [0.1, 0.15) is 6.54 Å². The Bertz CT molecular complexity index is 1010. The van der Waals surface area contributed by atoms with Crippen molar-refractivity contribution >= 4 is 29.5 Å². The van der Waals surface area contributed by atoms with Crippen LogP contribution >= 0.6 is 11.8 Å². The highest BCUT2D eigenvalue weighted by Crippen LogP contribution is 2.34. The molecule has 0 spiro atoms. The van der Waals surface area contributed by atoms with Crippen LogP contribution < -0.4 is 5.48 Å². The molecule has 1 aliphatic carbocycles. The van der Waals surface area contributed by atoms with E-state index in [-0.39, 0.29) is 24.6 Å². The summed E-state index contributed by atoms with van der Waals surface area (Å²) in [5.41, 5.74) is 3.55. The Labute approximate surface area is 212 Å². The van der Waals surface area contributed by atoms with Crippen molar-refractivity contribution in [2.75, 3.05) is 13.1 Å². The van der Waals surface area contributed by atoms with Gasteiger partial charge in [0.25, 0.3) is 5.91 Å². The van der Waals surface area contributed by atoms with Gasteiger partial charge in [-0.15, -0.1) is 17.5 Å². The second-order valence-electron chi connectivity index (χ2n) is 8.02. The van der Waals surface area contributed by atoms with E-state index in [2.05, 4.69) is 19.6 Å². The lowest BCUT2D eigenvalue weighted by Gasteiger charge is -2.33. The highest BCUT2D eigenvalue weighted by Gasteiger charge is 2.33. The second kappa shape index (κ2) is 15.2. The number of thioether (sulfide) groups is 1. The maximum Gasteiger partial charge on any atom is 0.423 e. The van der Waals surface area contributed by atoms with Gasteiger partial charge in [-0.25, -0.2) is 10.3 Å². The summed E-state index contributed by atoms with van der Waals surface area (Å²) < 4.78 is 38.4. The third kappa shape index (κ3) is 10.7. The van der Waals surface area contributed by atoms with Gasteiger partial charge in [0.15, 0.2) is 0 Å². The van der Waals surface area contributed by atoms with Gasteiger partial charge in [-0.3, -0.25) is 14.8 Å². The number of nitrogens with one attached hydrogen (secondary N) is 1. The lowest BCUT2D eigenvalue weighted by atomic mass is 10.1. The highest BCUT2D eigenvalue weighted by molar-refractivity contribution is 8.04. The number of halogens is 3. The van der Waals surface area contributed by atoms with Gasteiger partial charge in [0.05, 0.1) is 17.4 Å². The number of rotatable bonds is 8. The Hall–Kier alpha value is -3.01. The monoisotopic (exact) mass is 528 g/mol. The zero-order chi connectivity index (χ0) is 27.3. The van der Waals surface area contributed by atoms with Crippen molar-refractivity contribution in [1.29, 1.82) is 0 Å². The summed E-state index contributed by atoms with van der Waals surface area (Å²) in [5.74, 6) is -2.16. The van der Waals surface area contributed by atoms with E-state index in [1.54, 1.807) is 6.08 Å². The summed E-state index contributed by atoms with van der Waals surface area (Å²) in [6.45, 7) is 5.39. The number of allylic oxidation sites excluding steroid dienone is 7. The number of carboxylic acids is 1. The van der Waals surface area contributed by atoms with Crippen molar-refractivity contribution in [1.82, 2.24) is 10.4 Å². The Balaban J connectivity index is 0.00000205. The first-order valence-electron chi connectivity index (χ1n) is 11.3. The number of hydrogen-bond donors (Lipinski definition) is 3. The summed E-state index contributed by atoms with van der Waals surface area (Å²) in [7, 11) is 0. The SMILES string of the molecule is C/C(=C\C=C1/CN(CC(=O)NO)C(=O)C(CCCC2=CC=C=C(C(F)(F)F)C=C2)S1)C(=O)O.CCC. The first kappa shape index (κ1) is 31.0. The fraction of sp³-hybridized carbons (Fsp3) is 0.440. The lowest BCUT2D eigenvalue weighted by molar-refractivity contribution is -0.138. The van der Waals surface area contributed by atoms with Gasteiger partial charge >= 0.3 is 12.1 Å². The molecule has 2 rings (SSSR count). The normalized spacial score (nSPS) is 19.2. The van der Waals surface area contributed by atoms with E-state index in [0.29, 0.717) is 29.7 Å². The minimum atomic E-state index is -4.48. The van der Waals surface area contributed by atoms with Crippen molar-refractivity contribution in [2.45, 2.75) is 57.9 Å². The van der Waals surface area contributed by atoms with E-state index in [1.165, 1.54) is 59.8 Å². The van der Waals surface area contributed by atoms with Crippen LogP contribution in [0, 0.1) is 0 Å². The number of carbonyl (C=O) groups is 3. The van der Waals surface area contributed by atoms with Crippen LogP contribution in [-0.2, 0) is 14.4 Å². The van der Waals surface area contributed by atoms with Crippen LogP contribution in [0.5, 0.6) is 0 Å². The molecule has 36 heavy (non-hydrogen) atoms. The van der Waals surface area contributed by atoms with Gasteiger partial charge < -0.3 is 10.0 Å². The Morgan fingerprint density at radius 3 is 2.56 bits per heavy atom. The minimum absolute atomic E-state index is 0.0847. The first-order valence-corrected chi connectivity index (χ1v) is 12.2. The molecular formula is C25H31F3N2O5S. The third-order valence-electron chi connectivity index (χ3n) is 4.78. The number of aliphatic carboxylic acids is 1. The molecule has 7 nitrogen and oxygen atoms in total. The number of alkyl halides is 3. The molecule has 11 heteroatoms. The maximum absolute atomic E-state index is 12.8. The molecule has 1 unspecified atom stereocenters. The summed E-state index contributed by atoms with van der Waals surface area (Å²) in [4.78, 5) is 37.3. The topological polar surface area (TPSA) is 107 Å². The molecule has 0 aromatic rings. The van der Waals surface area contributed by atoms with Crippen molar-refractivity contribution < 1.29 is 37.9 Å². The van der Waals surface area contributed by atoms with Gasteiger partial charge in [0.2, 0.25) is 5.91 Å². The number of hydroxylamine groups is 1. The molecule has 1 fully saturated rings. The molecule has 1 saturated heterocycles. The van der Waals surface area contributed by atoms with E-state index in [9.17, 15) is 27.6 Å². The average Bonchev–Trinajstić information content (AvgIpc) is 3.06. The van der Waals surface area contributed by atoms with Crippen LogP contribution in [0.15, 0.2) is 63.8 Å². The molecule has 2 amide bonds. The summed E-state index contributed by atoms with van der Waals surface area (Å²) in [5, 5.41) is 17.2. The zero-order valence-corrected chi connectivity index (χ0v) is 21.2. The van der Waals surface area contributed by atoms with Crippen molar-refractivity contribution in [2.24, 2.45) is 0 Å². The van der Waals surface area contributed by atoms with E-state index >= 15 is 0 Å². The first-order chi connectivity index (χ1) is 16.9. The predicted molar refractivity (Wildman–Crippen MR) is 132 cm³/mol. The van der Waals surface area contributed by atoms with Crippen LogP contribution in [0.1, 0.15) is 46.5 Å². The Kier molecular flexibility index (Phi) is 13.1. The van der Waals surface area contributed by atoms with Crippen LogP contribution in [0.25, 0.3) is 0 Å². The van der Waals surface area contributed by atoms with Gasteiger partial charge in [-0.05, 0) is 43.9 Å². The molecular weight excluding hydrogens is 497 g/mol. The average molecular weight is 529 g/mol. The van der Waals surface area contributed by atoms with Gasteiger partial charge in [-0.2, -0.15) is 13.2 Å². The maximum atomic E-state index is 12.8. The lowest BCUT2D eigenvalue weighted by Crippen LogP contribution is -2.47. The van der Waals surface area contributed by atoms with Crippen LogP contribution in [0.4, 0.5) is 13.2 Å². The number of carboxylic acid groups (broad SMARTS) is 1. The summed E-state index contributed by atoms with van der Waals surface area (Å²) >= 11 is 1.25. The number of amides is 2. The second-order valence-corrected chi connectivity index (χ2v) is 9.35. The van der Waals surface area contributed by atoms with E-state index in [1.807, 2.05) is 0 Å². The summed E-state index contributed by atoms with van der Waals surface area (Å²) in [6, 6.07) is 0. The minimum Gasteiger partial charge on any atom is -0.478 e. The molecule has 1 heterocycles. The van der Waals surface area contributed by atoms with Crippen molar-refractivity contribution in [3.63, 3.8) is 0 Å². The molecule has 0 aromatic carbocycles. The van der Waals surface area contributed by atoms with Crippen LogP contribution in [0.3, 0.4) is 0 Å². The fourth-order valence-electron chi connectivity index (χ4n) is 3.01. The molecule has 1 atom stereocenters. The molecule has 2 aliphatic rings. The third-order valence-corrected chi connectivity index (χ3v) is 6.07. The van der Waals surface area contributed by atoms with Gasteiger partial charge in [-0.1, -0.05) is 44.6 Å². The van der Waals surface area contributed by atoms with Crippen molar-refractivity contribution in [3.8, 4) is 0 Å². The molecule has 1 aliphatic heterocycles. The summed E-state index contributed by atoms with van der Waals surface area (Å²) in [6.07, 6.45) is 6.13. The number of nitrogens with zero attached hydrogens (tertiary/aromatic N) is 1. The van der Waals surface area contributed by atoms with E-state index in [0.717, 1.165) is 6.08 Å². The Morgan fingerprint density at radius 1 is 1.31 bits per heavy atom. The fourth-order valence-corrected chi connectivity index (χ4v) is 4.29. The van der Waals surface area contributed by atoms with E-state index < -0.39 is 28.9 Å². The highest BCUT2D eigenvalue weighted by atomic mass is 32.2. The quantitative estimate of drug-likeness (QED) is 0.176. The smallest absolute Gasteiger partial charge is 0.423 e. The predicted octanol–water partition coefficient (Wildman–Crippen LogP) is 5.08. The molecule has 0 bridgehead atoms. The van der Waals surface area contributed by atoms with E-state index in [4.69, 9.17) is 10.3 Å². The molecule has 0 radical (unpaired) electrons. The number of hydrogen-bond acceptors (Lipinski definition) is 5. The molecule has 0 saturated carbocycles. The molecule has 3 N–H and O–H groups in total. The largest absolute Gasteiger partial charge is 0.478 e. The van der Waals surface area contributed by atoms with Gasteiger partial charge in [0, 0.05) is 10.5 Å². The van der Waals surface area contributed by atoms with Crippen LogP contribution in [-0.4, -0.2) is 57.5 Å². The Morgan fingerprint density at radius 2 is 1.97 bits per heavy atom. The standard InChI is InChI=1S/C22H23F3N2O5S.C3H8/c1-14(21(30)31)8-11-17-12-27(13-19(28)26-32)20(29)18(33-17)7-3-5-15-4-2-6-16(10-9-15)22(23,24)25;1-3-2/h2,4,8-11,18,32H,3,5,7,12-13H2,1H3,(H,26,28)(H,30,31);3H2,1-2H3/b14-8+,17-11+;. The molecule has 0 aromatic heterocycles.